The number of hydrogen-bond acceptors (Lipinski definition) is 1. The zero-order valence-electron chi connectivity index (χ0n) is 7.60. The summed E-state index contributed by atoms with van der Waals surface area (Å²) in [5.74, 6) is -0.891. The lowest BCUT2D eigenvalue weighted by molar-refractivity contribution is -0.139. The van der Waals surface area contributed by atoms with E-state index in [0.717, 1.165) is 0 Å². The Morgan fingerprint density at radius 3 is 2.07 bits per heavy atom. The molecule has 0 aromatic carbocycles. The molecule has 0 heterocycles. The molecule has 0 saturated heterocycles. The van der Waals surface area contributed by atoms with Crippen molar-refractivity contribution in [2.24, 2.45) is 17.3 Å². The van der Waals surface area contributed by atoms with E-state index >= 15 is 0 Å². The minimum atomic E-state index is -0.721. The molecule has 1 rings (SSSR count). The standard InChI is InChI=1S/C8H10Br4O2/c1-7(2)3(4(7)6(13)14)5(9)8(10,11)12/h3-5H,1-2H3,(H,13,14)/t3-,4+,5?/m0/s1. The normalized spacial score (nSPS) is 32.4. The van der Waals surface area contributed by atoms with Crippen molar-refractivity contribution in [1.82, 2.24) is 0 Å². The second kappa shape index (κ2) is 4.00. The molecular formula is C8H10Br4O2. The van der Waals surface area contributed by atoms with E-state index in [0.29, 0.717) is 0 Å². The van der Waals surface area contributed by atoms with Crippen LogP contribution in [0.5, 0.6) is 0 Å². The number of carboxylic acid groups (broad SMARTS) is 1. The number of rotatable bonds is 2. The first-order chi connectivity index (χ1) is 6.10. The Labute approximate surface area is 117 Å². The number of carbonyl (C=O) groups is 1. The van der Waals surface area contributed by atoms with Crippen molar-refractivity contribution >= 4 is 69.7 Å². The van der Waals surface area contributed by atoms with Gasteiger partial charge in [-0.25, -0.2) is 0 Å². The highest BCUT2D eigenvalue weighted by Gasteiger charge is 2.66. The SMILES string of the molecule is CC1(C)[C@H](C(Br)C(Br)(Br)Br)[C@@H]1C(=O)O. The van der Waals surface area contributed by atoms with Gasteiger partial charge in [0.05, 0.1) is 10.7 Å². The number of aliphatic carboxylic acids is 1. The third-order valence-electron chi connectivity index (χ3n) is 2.80. The fourth-order valence-electron chi connectivity index (χ4n) is 1.90. The molecule has 14 heavy (non-hydrogen) atoms. The molecule has 0 spiro atoms. The maximum atomic E-state index is 11.0. The predicted molar refractivity (Wildman–Crippen MR) is 70.6 cm³/mol. The van der Waals surface area contributed by atoms with Crippen molar-refractivity contribution in [3.05, 3.63) is 0 Å². The lowest BCUT2D eigenvalue weighted by Gasteiger charge is -2.20. The molecule has 1 aliphatic rings. The van der Waals surface area contributed by atoms with E-state index in [1.807, 2.05) is 13.8 Å². The molecule has 0 amide bonds. The van der Waals surface area contributed by atoms with Crippen LogP contribution in [0.25, 0.3) is 0 Å². The van der Waals surface area contributed by atoms with E-state index in [1.165, 1.54) is 0 Å². The lowest BCUT2D eigenvalue weighted by atomic mass is 10.1. The van der Waals surface area contributed by atoms with Crippen molar-refractivity contribution in [1.29, 1.82) is 0 Å². The van der Waals surface area contributed by atoms with Gasteiger partial charge in [0.1, 0.15) is 2.14 Å². The van der Waals surface area contributed by atoms with Crippen LogP contribution in [0.2, 0.25) is 0 Å². The molecule has 1 saturated carbocycles. The zero-order chi connectivity index (χ0) is 11.3. The molecule has 1 aliphatic carbocycles. The largest absolute Gasteiger partial charge is 0.481 e. The first-order valence-corrected chi connectivity index (χ1v) is 7.33. The Morgan fingerprint density at radius 2 is 1.86 bits per heavy atom. The topological polar surface area (TPSA) is 37.3 Å². The lowest BCUT2D eigenvalue weighted by Crippen LogP contribution is -2.22. The van der Waals surface area contributed by atoms with E-state index in [1.54, 1.807) is 0 Å². The van der Waals surface area contributed by atoms with Crippen LogP contribution >= 0.6 is 63.7 Å². The average molecular weight is 458 g/mol. The highest BCUT2D eigenvalue weighted by Crippen LogP contribution is 2.65. The van der Waals surface area contributed by atoms with Gasteiger partial charge in [-0.15, -0.1) is 0 Å². The smallest absolute Gasteiger partial charge is 0.307 e. The molecular weight excluding hydrogens is 448 g/mol. The maximum absolute atomic E-state index is 11.0. The van der Waals surface area contributed by atoms with Crippen molar-refractivity contribution in [3.8, 4) is 0 Å². The van der Waals surface area contributed by atoms with Crippen LogP contribution in [0.3, 0.4) is 0 Å². The summed E-state index contributed by atoms with van der Waals surface area (Å²) >= 11 is 13.7. The highest BCUT2D eigenvalue weighted by atomic mass is 80.0. The van der Waals surface area contributed by atoms with Gasteiger partial charge in [-0.3, -0.25) is 4.79 Å². The van der Waals surface area contributed by atoms with Crippen LogP contribution in [0, 0.1) is 17.3 Å². The van der Waals surface area contributed by atoms with Crippen LogP contribution in [-0.4, -0.2) is 18.0 Å². The summed E-state index contributed by atoms with van der Waals surface area (Å²) in [5, 5.41) is 9.01. The summed E-state index contributed by atoms with van der Waals surface area (Å²) in [7, 11) is 0. The Bertz CT molecular complexity index is 259. The number of carboxylic acids is 1. The highest BCUT2D eigenvalue weighted by molar-refractivity contribution is 9.40. The molecule has 3 atom stereocenters. The van der Waals surface area contributed by atoms with Gasteiger partial charge in [0.15, 0.2) is 0 Å². The third-order valence-corrected chi connectivity index (χ3v) is 7.38. The van der Waals surface area contributed by atoms with Gasteiger partial charge in [-0.2, -0.15) is 0 Å². The summed E-state index contributed by atoms with van der Waals surface area (Å²) in [4.78, 5) is 11.0. The molecule has 2 nitrogen and oxygen atoms in total. The Hall–Kier alpha value is 1.39. The zero-order valence-corrected chi connectivity index (χ0v) is 13.9. The molecule has 1 N–H and O–H groups in total. The van der Waals surface area contributed by atoms with Gasteiger partial charge in [0.2, 0.25) is 0 Å². The van der Waals surface area contributed by atoms with Gasteiger partial charge in [0.25, 0.3) is 0 Å². The van der Waals surface area contributed by atoms with Crippen molar-refractivity contribution in [2.75, 3.05) is 0 Å². The molecule has 0 aromatic rings. The minimum Gasteiger partial charge on any atom is -0.481 e. The fourth-order valence-corrected chi connectivity index (χ4v) is 3.74. The molecule has 1 fully saturated rings. The number of alkyl halides is 4. The van der Waals surface area contributed by atoms with Crippen molar-refractivity contribution in [2.45, 2.75) is 20.8 Å². The summed E-state index contributed by atoms with van der Waals surface area (Å²) in [6.45, 7) is 3.95. The van der Waals surface area contributed by atoms with Gasteiger partial charge in [0, 0.05) is 0 Å². The van der Waals surface area contributed by atoms with E-state index in [-0.39, 0.29) is 22.1 Å². The quantitative estimate of drug-likeness (QED) is 0.638. The second-order valence-corrected chi connectivity index (χ2v) is 12.0. The van der Waals surface area contributed by atoms with E-state index in [2.05, 4.69) is 63.7 Å². The van der Waals surface area contributed by atoms with Crippen LogP contribution in [0.4, 0.5) is 0 Å². The summed E-state index contributed by atoms with van der Waals surface area (Å²) in [6, 6.07) is 0. The average Bonchev–Trinajstić information content (AvgIpc) is 2.49. The molecule has 1 unspecified atom stereocenters. The Morgan fingerprint density at radius 1 is 1.43 bits per heavy atom. The van der Waals surface area contributed by atoms with Crippen LogP contribution in [0.15, 0.2) is 0 Å². The van der Waals surface area contributed by atoms with Crippen molar-refractivity contribution in [3.63, 3.8) is 0 Å². The third kappa shape index (κ3) is 2.38. The van der Waals surface area contributed by atoms with Gasteiger partial charge in [-0.1, -0.05) is 77.6 Å². The van der Waals surface area contributed by atoms with Crippen LogP contribution in [0.1, 0.15) is 13.8 Å². The van der Waals surface area contributed by atoms with E-state index in [9.17, 15) is 4.79 Å². The first-order valence-electron chi connectivity index (χ1n) is 4.03. The minimum absolute atomic E-state index is 0.0195. The van der Waals surface area contributed by atoms with Gasteiger partial charge >= 0.3 is 5.97 Å². The fraction of sp³-hybridized carbons (Fsp3) is 0.875. The van der Waals surface area contributed by atoms with E-state index in [4.69, 9.17) is 5.11 Å². The second-order valence-electron chi connectivity index (χ2n) is 4.11. The summed E-state index contributed by atoms with van der Waals surface area (Å²) in [5.41, 5.74) is -0.152. The molecule has 0 aromatic heterocycles. The summed E-state index contributed by atoms with van der Waals surface area (Å²) < 4.78 is -0.445. The molecule has 82 valence electrons. The maximum Gasteiger partial charge on any atom is 0.307 e. The monoisotopic (exact) mass is 454 g/mol. The Balaban J connectivity index is 2.79. The van der Waals surface area contributed by atoms with Crippen LogP contribution in [-0.2, 0) is 4.79 Å². The molecule has 0 radical (unpaired) electrons. The molecule has 0 bridgehead atoms. The number of hydrogen-bond donors (Lipinski definition) is 1. The van der Waals surface area contributed by atoms with Gasteiger partial charge < -0.3 is 5.11 Å². The van der Waals surface area contributed by atoms with Gasteiger partial charge in [-0.05, 0) is 11.3 Å². The Kier molecular flexibility index (Phi) is 3.85. The summed E-state index contributed by atoms with van der Waals surface area (Å²) in [6.07, 6.45) is 0. The van der Waals surface area contributed by atoms with Crippen molar-refractivity contribution < 1.29 is 9.90 Å². The molecule has 6 heteroatoms. The van der Waals surface area contributed by atoms with Crippen LogP contribution < -0.4 is 0 Å². The number of halogens is 4. The van der Waals surface area contributed by atoms with E-state index < -0.39 is 8.11 Å². The predicted octanol–water partition coefficient (Wildman–Crippen LogP) is 3.95. The molecule has 0 aliphatic heterocycles. The first kappa shape index (κ1) is 13.5.